The number of carbonyl (C=O) groups excluding carboxylic acids is 3. The molecule has 7 rings (SSSR count). The summed E-state index contributed by atoms with van der Waals surface area (Å²) in [6, 6.07) is 26.3. The highest BCUT2D eigenvalue weighted by molar-refractivity contribution is 8.15. The van der Waals surface area contributed by atoms with Crippen molar-refractivity contribution in [2.45, 2.75) is 75.8 Å². The number of piperidine rings is 1. The standard InChI is InChI=1S/C46H51Cl2N3O7S/c1-29-20-40(47)43(41(48)21-29)57-19-18-56-36-13-9-34(10-14-36)38-15-16-49-26-39(38)45(53)51(35-11-12-35)27-33-22-32(4-3-17-55-2)23-37(24-33)58-28-31-7-5-30(6-8-31)25-42-44(52)50-46(54)59-42/h5-10,13-14,20-24,35,38-39,42,49H,3-4,11-12,15-19,25-28H2,1-2H3,(H,50,52,54)/t38-,39+,42?/m1/s1. The van der Waals surface area contributed by atoms with E-state index < -0.39 is 5.25 Å². The van der Waals surface area contributed by atoms with Crippen LogP contribution in [0.25, 0.3) is 0 Å². The van der Waals surface area contributed by atoms with E-state index in [1.54, 1.807) is 7.11 Å². The van der Waals surface area contributed by atoms with Gasteiger partial charge in [-0.05, 0) is 128 Å². The van der Waals surface area contributed by atoms with Crippen LogP contribution in [-0.2, 0) is 40.3 Å². The normalized spacial score (nSPS) is 19.0. The first-order chi connectivity index (χ1) is 28.6. The lowest BCUT2D eigenvalue weighted by molar-refractivity contribution is -0.138. The molecule has 2 saturated heterocycles. The van der Waals surface area contributed by atoms with Crippen molar-refractivity contribution >= 4 is 52.0 Å². The third-order valence-corrected chi connectivity index (χ3v) is 12.5. The molecule has 0 aromatic heterocycles. The quantitative estimate of drug-likeness (QED) is 0.0895. The van der Waals surface area contributed by atoms with Gasteiger partial charge < -0.3 is 29.2 Å². The minimum absolute atomic E-state index is 0.0791. The van der Waals surface area contributed by atoms with Crippen LogP contribution >= 0.6 is 35.0 Å². The minimum Gasteiger partial charge on any atom is -0.490 e. The molecule has 3 fully saturated rings. The minimum atomic E-state index is -0.401. The van der Waals surface area contributed by atoms with Crippen LogP contribution in [0.5, 0.6) is 17.2 Å². The number of rotatable bonds is 19. The van der Waals surface area contributed by atoms with Gasteiger partial charge in [-0.15, -0.1) is 0 Å². The van der Waals surface area contributed by atoms with E-state index in [9.17, 15) is 14.4 Å². The summed E-state index contributed by atoms with van der Waals surface area (Å²) in [7, 11) is 1.71. The molecule has 1 unspecified atom stereocenters. The molecule has 3 amide bonds. The summed E-state index contributed by atoms with van der Waals surface area (Å²) in [4.78, 5) is 40.3. The number of thioether (sulfide) groups is 1. The second kappa shape index (κ2) is 20.3. The van der Waals surface area contributed by atoms with Crippen molar-refractivity contribution < 1.29 is 33.3 Å². The topological polar surface area (TPSA) is 115 Å². The summed E-state index contributed by atoms with van der Waals surface area (Å²) in [5, 5.41) is 6.10. The van der Waals surface area contributed by atoms with Gasteiger partial charge in [0.25, 0.3) is 5.24 Å². The van der Waals surface area contributed by atoms with Crippen LogP contribution in [0.2, 0.25) is 10.0 Å². The van der Waals surface area contributed by atoms with E-state index in [0.717, 1.165) is 95.3 Å². The van der Waals surface area contributed by atoms with E-state index in [2.05, 4.69) is 45.9 Å². The van der Waals surface area contributed by atoms with Crippen LogP contribution in [0.4, 0.5) is 4.79 Å². The van der Waals surface area contributed by atoms with Gasteiger partial charge in [-0.1, -0.05) is 77.4 Å². The molecule has 1 aliphatic carbocycles. The van der Waals surface area contributed by atoms with Crippen LogP contribution < -0.4 is 24.8 Å². The summed E-state index contributed by atoms with van der Waals surface area (Å²) in [5.74, 6) is 1.77. The Morgan fingerprint density at radius 3 is 2.22 bits per heavy atom. The van der Waals surface area contributed by atoms with E-state index in [0.29, 0.717) is 55.1 Å². The molecule has 59 heavy (non-hydrogen) atoms. The Balaban J connectivity index is 0.987. The number of ether oxygens (including phenoxy) is 4. The van der Waals surface area contributed by atoms with Crippen molar-refractivity contribution in [2.24, 2.45) is 5.92 Å². The van der Waals surface area contributed by atoms with Crippen LogP contribution in [0.1, 0.15) is 65.0 Å². The summed E-state index contributed by atoms with van der Waals surface area (Å²) in [5.41, 5.74) is 6.26. The maximum absolute atomic E-state index is 14.6. The van der Waals surface area contributed by atoms with Crippen LogP contribution in [0, 0.1) is 12.8 Å². The fraction of sp³-hybridized carbons (Fsp3) is 0.413. The Bertz CT molecular complexity index is 2070. The SMILES string of the molecule is COCCCc1cc(CN(C(=O)[C@H]2CNCC[C@@H]2c2ccc(OCCOc3c(Cl)cc(C)cc3Cl)cc2)C2CC2)cc(OCc2ccc(CC3SC(=O)NC3=O)cc2)c1. The number of aryl methyl sites for hydroxylation is 2. The summed E-state index contributed by atoms with van der Waals surface area (Å²) >= 11 is 13.7. The van der Waals surface area contributed by atoms with Gasteiger partial charge in [0.05, 0.1) is 21.2 Å². The van der Waals surface area contributed by atoms with Gasteiger partial charge in [-0.3, -0.25) is 19.7 Å². The van der Waals surface area contributed by atoms with Crippen molar-refractivity contribution in [3.8, 4) is 17.2 Å². The fourth-order valence-electron chi connectivity index (χ4n) is 7.79. The number of hydrogen-bond donors (Lipinski definition) is 2. The third-order valence-electron chi connectivity index (χ3n) is 10.9. The number of halogens is 2. The van der Waals surface area contributed by atoms with Gasteiger partial charge >= 0.3 is 0 Å². The first-order valence-corrected chi connectivity index (χ1v) is 21.9. The second-order valence-corrected chi connectivity index (χ2v) is 17.5. The lowest BCUT2D eigenvalue weighted by Gasteiger charge is -2.36. The van der Waals surface area contributed by atoms with Gasteiger partial charge in [-0.25, -0.2) is 0 Å². The maximum Gasteiger partial charge on any atom is 0.286 e. The molecule has 3 aliphatic rings. The Morgan fingerprint density at radius 2 is 1.53 bits per heavy atom. The average Bonchev–Trinajstić information content (AvgIpc) is 4.02. The van der Waals surface area contributed by atoms with E-state index in [1.807, 2.05) is 55.5 Å². The van der Waals surface area contributed by atoms with E-state index >= 15 is 0 Å². The Kier molecular flexibility index (Phi) is 14.8. The molecule has 13 heteroatoms. The summed E-state index contributed by atoms with van der Waals surface area (Å²) < 4.78 is 23.5. The predicted octanol–water partition coefficient (Wildman–Crippen LogP) is 8.70. The van der Waals surface area contributed by atoms with Gasteiger partial charge in [0.15, 0.2) is 5.75 Å². The highest BCUT2D eigenvalue weighted by Gasteiger charge is 2.40. The number of nitrogens with zero attached hydrogens (tertiary/aromatic N) is 1. The number of carbonyl (C=O) groups is 3. The molecule has 2 heterocycles. The van der Waals surface area contributed by atoms with Gasteiger partial charge in [0.1, 0.15) is 31.3 Å². The Labute approximate surface area is 360 Å². The molecule has 0 bridgehead atoms. The zero-order valence-electron chi connectivity index (χ0n) is 33.5. The molecule has 0 radical (unpaired) electrons. The number of imide groups is 1. The average molecular weight is 861 g/mol. The maximum atomic E-state index is 14.6. The molecule has 2 aliphatic heterocycles. The van der Waals surface area contributed by atoms with Crippen LogP contribution in [0.15, 0.2) is 78.9 Å². The van der Waals surface area contributed by atoms with Crippen LogP contribution in [-0.4, -0.2) is 73.3 Å². The summed E-state index contributed by atoms with van der Waals surface area (Å²) in [6.45, 7) is 5.56. The molecule has 10 nitrogen and oxygen atoms in total. The highest BCUT2D eigenvalue weighted by Crippen LogP contribution is 2.38. The van der Waals surface area contributed by atoms with Crippen molar-refractivity contribution in [1.82, 2.24) is 15.5 Å². The lowest BCUT2D eigenvalue weighted by Crippen LogP contribution is -2.47. The van der Waals surface area contributed by atoms with E-state index in [1.165, 1.54) is 0 Å². The molecule has 0 spiro atoms. The Hall–Kier alpha value is -4.26. The first kappa shape index (κ1) is 42.8. The van der Waals surface area contributed by atoms with Crippen molar-refractivity contribution in [1.29, 1.82) is 0 Å². The number of methoxy groups -OCH3 is 1. The highest BCUT2D eigenvalue weighted by atomic mass is 35.5. The molecule has 4 aromatic rings. The van der Waals surface area contributed by atoms with E-state index in [4.69, 9.17) is 42.1 Å². The second-order valence-electron chi connectivity index (χ2n) is 15.5. The zero-order chi connectivity index (χ0) is 41.3. The van der Waals surface area contributed by atoms with Crippen molar-refractivity contribution in [3.63, 3.8) is 0 Å². The van der Waals surface area contributed by atoms with Crippen molar-refractivity contribution in [2.75, 3.05) is 40.0 Å². The Morgan fingerprint density at radius 1 is 0.814 bits per heavy atom. The third kappa shape index (κ3) is 11.7. The first-order valence-electron chi connectivity index (χ1n) is 20.3. The number of hydrogen-bond acceptors (Lipinski definition) is 9. The lowest BCUT2D eigenvalue weighted by atomic mass is 9.80. The number of amides is 3. The molecular formula is C46H51Cl2N3O7S. The van der Waals surface area contributed by atoms with Gasteiger partial charge in [0, 0.05) is 32.8 Å². The molecule has 3 atom stereocenters. The van der Waals surface area contributed by atoms with Crippen molar-refractivity contribution in [3.05, 3.63) is 122 Å². The molecule has 4 aromatic carbocycles. The number of benzene rings is 4. The fourth-order valence-corrected chi connectivity index (χ4v) is 9.35. The molecule has 312 valence electrons. The monoisotopic (exact) mass is 859 g/mol. The van der Waals surface area contributed by atoms with Crippen LogP contribution in [0.3, 0.4) is 0 Å². The number of nitrogens with one attached hydrogen (secondary N) is 2. The van der Waals surface area contributed by atoms with Gasteiger partial charge in [0.2, 0.25) is 11.8 Å². The molecule has 2 N–H and O–H groups in total. The molecule has 1 saturated carbocycles. The molecular weight excluding hydrogens is 809 g/mol. The summed E-state index contributed by atoms with van der Waals surface area (Å²) in [6.07, 6.45) is 5.06. The largest absolute Gasteiger partial charge is 0.490 e. The predicted molar refractivity (Wildman–Crippen MR) is 232 cm³/mol. The van der Waals surface area contributed by atoms with Gasteiger partial charge in [-0.2, -0.15) is 0 Å². The smallest absolute Gasteiger partial charge is 0.286 e. The zero-order valence-corrected chi connectivity index (χ0v) is 35.8. The van der Waals surface area contributed by atoms with E-state index in [-0.39, 0.29) is 41.5 Å².